The topological polar surface area (TPSA) is 38.7 Å². The smallest absolute Gasteiger partial charge is 0.164 e. The molecule has 0 unspecified atom stereocenters. The van der Waals surface area contributed by atoms with E-state index < -0.39 is 0 Å². The number of rotatable bonds is 2. The molecule has 0 fully saturated rings. The van der Waals surface area contributed by atoms with Gasteiger partial charge in [0.15, 0.2) is 11.6 Å². The zero-order valence-corrected chi connectivity index (χ0v) is 15.0. The van der Waals surface area contributed by atoms with Crippen molar-refractivity contribution in [3.05, 3.63) is 78.6 Å². The lowest BCUT2D eigenvalue weighted by molar-refractivity contribution is 0.993. The molecule has 124 valence electrons. The highest BCUT2D eigenvalue weighted by Crippen LogP contribution is 2.39. The molecule has 2 aromatic heterocycles. The van der Waals surface area contributed by atoms with E-state index in [9.17, 15) is 0 Å². The number of nitrogens with zero attached hydrogens (tertiary/aromatic N) is 3. The Bertz CT molecular complexity index is 1240. The molecule has 0 bridgehead atoms. The standard InChI is InChI=1S/C22H15N3S/c1-14-23-21(15-8-3-2-4-9-15)25-22(24-14)17-11-7-13-19-20(17)16-10-5-6-12-18(16)26-19/h2-13H,1H3. The second kappa shape index (κ2) is 6.00. The number of thiophene rings is 1. The number of hydrogen-bond donors (Lipinski definition) is 0. The lowest BCUT2D eigenvalue weighted by Gasteiger charge is -2.07. The van der Waals surface area contributed by atoms with Crippen LogP contribution in [-0.2, 0) is 0 Å². The van der Waals surface area contributed by atoms with Gasteiger partial charge in [0.2, 0.25) is 0 Å². The van der Waals surface area contributed by atoms with E-state index in [1.807, 2.05) is 37.3 Å². The van der Waals surface area contributed by atoms with Crippen LogP contribution in [0.15, 0.2) is 72.8 Å². The first-order chi connectivity index (χ1) is 12.8. The van der Waals surface area contributed by atoms with Crippen molar-refractivity contribution in [2.24, 2.45) is 0 Å². The minimum Gasteiger partial charge on any atom is -0.213 e. The minimum atomic E-state index is 0.713. The molecule has 0 spiro atoms. The lowest BCUT2D eigenvalue weighted by atomic mass is 10.1. The van der Waals surface area contributed by atoms with Gasteiger partial charge in [-0.3, -0.25) is 0 Å². The van der Waals surface area contributed by atoms with E-state index in [1.54, 1.807) is 11.3 Å². The average molecular weight is 353 g/mol. The maximum atomic E-state index is 4.79. The summed E-state index contributed by atoms with van der Waals surface area (Å²) >= 11 is 1.80. The van der Waals surface area contributed by atoms with Crippen LogP contribution in [0.5, 0.6) is 0 Å². The normalized spacial score (nSPS) is 11.3. The molecule has 0 aliphatic heterocycles. The third-order valence-electron chi connectivity index (χ3n) is 4.42. The number of hydrogen-bond acceptors (Lipinski definition) is 4. The lowest BCUT2D eigenvalue weighted by Crippen LogP contribution is -1.99. The van der Waals surface area contributed by atoms with Crippen molar-refractivity contribution < 1.29 is 0 Å². The van der Waals surface area contributed by atoms with E-state index in [1.165, 1.54) is 20.2 Å². The van der Waals surface area contributed by atoms with E-state index in [4.69, 9.17) is 4.98 Å². The fraction of sp³-hybridized carbons (Fsp3) is 0.0455. The van der Waals surface area contributed by atoms with Crippen LogP contribution < -0.4 is 0 Å². The zero-order chi connectivity index (χ0) is 17.5. The molecule has 0 aliphatic carbocycles. The van der Waals surface area contributed by atoms with Crippen molar-refractivity contribution in [3.8, 4) is 22.8 Å². The molecule has 4 heteroatoms. The molecule has 5 aromatic rings. The Balaban J connectivity index is 1.80. The molecule has 0 radical (unpaired) electrons. The van der Waals surface area contributed by atoms with Crippen LogP contribution in [0.2, 0.25) is 0 Å². The molecule has 3 aromatic carbocycles. The number of aromatic nitrogens is 3. The van der Waals surface area contributed by atoms with E-state index in [0.717, 1.165) is 22.8 Å². The van der Waals surface area contributed by atoms with Gasteiger partial charge in [-0.1, -0.05) is 60.7 Å². The van der Waals surface area contributed by atoms with Crippen molar-refractivity contribution in [3.63, 3.8) is 0 Å². The van der Waals surface area contributed by atoms with Gasteiger partial charge < -0.3 is 0 Å². The fourth-order valence-electron chi connectivity index (χ4n) is 3.28. The summed E-state index contributed by atoms with van der Waals surface area (Å²) in [5, 5.41) is 2.47. The fourth-order valence-corrected chi connectivity index (χ4v) is 4.41. The number of aryl methyl sites for hydroxylation is 1. The van der Waals surface area contributed by atoms with Gasteiger partial charge in [-0.15, -0.1) is 11.3 Å². The Hall–Kier alpha value is -3.11. The van der Waals surface area contributed by atoms with Gasteiger partial charge in [0.1, 0.15) is 5.82 Å². The first kappa shape index (κ1) is 15.2. The molecule has 0 amide bonds. The van der Waals surface area contributed by atoms with Crippen molar-refractivity contribution in [2.75, 3.05) is 0 Å². The summed E-state index contributed by atoms with van der Waals surface area (Å²) in [5.74, 6) is 2.17. The van der Waals surface area contributed by atoms with Crippen molar-refractivity contribution >= 4 is 31.5 Å². The van der Waals surface area contributed by atoms with Gasteiger partial charge in [-0.05, 0) is 19.1 Å². The molecule has 5 rings (SSSR count). The summed E-state index contributed by atoms with van der Waals surface area (Å²) in [6, 6.07) is 24.9. The molecule has 0 saturated carbocycles. The Morgan fingerprint density at radius 2 is 1.38 bits per heavy atom. The van der Waals surface area contributed by atoms with Crippen molar-refractivity contribution in [2.45, 2.75) is 6.92 Å². The molecule has 2 heterocycles. The second-order valence-corrected chi connectivity index (χ2v) is 7.26. The highest BCUT2D eigenvalue weighted by atomic mass is 32.1. The van der Waals surface area contributed by atoms with Gasteiger partial charge in [0.25, 0.3) is 0 Å². The predicted octanol–water partition coefficient (Wildman–Crippen LogP) is 5.88. The predicted molar refractivity (Wildman–Crippen MR) is 108 cm³/mol. The van der Waals surface area contributed by atoms with Crippen molar-refractivity contribution in [1.29, 1.82) is 0 Å². The Morgan fingerprint density at radius 3 is 2.27 bits per heavy atom. The number of fused-ring (bicyclic) bond motifs is 3. The first-order valence-electron chi connectivity index (χ1n) is 8.48. The zero-order valence-electron chi connectivity index (χ0n) is 14.2. The highest BCUT2D eigenvalue weighted by Gasteiger charge is 2.14. The summed E-state index contributed by atoms with van der Waals surface area (Å²) in [7, 11) is 0. The summed E-state index contributed by atoms with van der Waals surface area (Å²) < 4.78 is 2.53. The van der Waals surface area contributed by atoms with Gasteiger partial charge in [-0.2, -0.15) is 0 Å². The maximum absolute atomic E-state index is 4.79. The van der Waals surface area contributed by atoms with Crippen LogP contribution >= 0.6 is 11.3 Å². The van der Waals surface area contributed by atoms with E-state index >= 15 is 0 Å². The summed E-state index contributed by atoms with van der Waals surface area (Å²) in [4.78, 5) is 14.0. The number of benzene rings is 3. The Kier molecular flexibility index (Phi) is 3.50. The van der Waals surface area contributed by atoms with Gasteiger partial charge in [-0.25, -0.2) is 15.0 Å². The average Bonchev–Trinajstić information content (AvgIpc) is 3.07. The van der Waals surface area contributed by atoms with Gasteiger partial charge >= 0.3 is 0 Å². The Morgan fingerprint density at radius 1 is 0.654 bits per heavy atom. The van der Waals surface area contributed by atoms with Crippen LogP contribution in [-0.4, -0.2) is 15.0 Å². The molecular weight excluding hydrogens is 338 g/mol. The van der Waals surface area contributed by atoms with Crippen LogP contribution in [0.1, 0.15) is 5.82 Å². The highest BCUT2D eigenvalue weighted by molar-refractivity contribution is 7.25. The molecule has 0 atom stereocenters. The van der Waals surface area contributed by atoms with Crippen LogP contribution in [0.4, 0.5) is 0 Å². The maximum Gasteiger partial charge on any atom is 0.164 e. The summed E-state index contributed by atoms with van der Waals surface area (Å²) in [6.07, 6.45) is 0. The largest absolute Gasteiger partial charge is 0.213 e. The SMILES string of the molecule is Cc1nc(-c2ccccc2)nc(-c2cccc3sc4ccccc4c23)n1. The molecular formula is C22H15N3S. The Labute approximate surface area is 155 Å². The summed E-state index contributed by atoms with van der Waals surface area (Å²) in [6.45, 7) is 1.92. The van der Waals surface area contributed by atoms with Crippen molar-refractivity contribution in [1.82, 2.24) is 15.0 Å². The molecule has 26 heavy (non-hydrogen) atoms. The third-order valence-corrected chi connectivity index (χ3v) is 5.56. The molecule has 0 saturated heterocycles. The van der Waals surface area contributed by atoms with Gasteiger partial charge in [0, 0.05) is 31.3 Å². The third kappa shape index (κ3) is 2.47. The van der Waals surface area contributed by atoms with Crippen LogP contribution in [0.25, 0.3) is 42.9 Å². The first-order valence-corrected chi connectivity index (χ1v) is 9.30. The minimum absolute atomic E-state index is 0.713. The van der Waals surface area contributed by atoms with Gasteiger partial charge in [0.05, 0.1) is 0 Å². The summed E-state index contributed by atoms with van der Waals surface area (Å²) in [5.41, 5.74) is 2.06. The monoisotopic (exact) mass is 353 g/mol. The molecule has 0 N–H and O–H groups in total. The second-order valence-electron chi connectivity index (χ2n) is 6.17. The quantitative estimate of drug-likeness (QED) is 0.398. The van der Waals surface area contributed by atoms with E-state index in [2.05, 4.69) is 52.4 Å². The van der Waals surface area contributed by atoms with Crippen LogP contribution in [0, 0.1) is 6.92 Å². The molecule has 3 nitrogen and oxygen atoms in total. The molecule has 0 aliphatic rings. The van der Waals surface area contributed by atoms with E-state index in [0.29, 0.717) is 5.82 Å². The van der Waals surface area contributed by atoms with E-state index in [-0.39, 0.29) is 0 Å². The van der Waals surface area contributed by atoms with Crippen LogP contribution in [0.3, 0.4) is 0 Å².